The molecule has 0 aliphatic carbocycles. The van der Waals surface area contributed by atoms with Crippen molar-refractivity contribution in [3.63, 3.8) is 0 Å². The summed E-state index contributed by atoms with van der Waals surface area (Å²) < 4.78 is 16.2. The van der Waals surface area contributed by atoms with Gasteiger partial charge >= 0.3 is 6.03 Å². The Kier molecular flexibility index (Phi) is 5.17. The van der Waals surface area contributed by atoms with Crippen molar-refractivity contribution in [2.75, 3.05) is 32.6 Å². The van der Waals surface area contributed by atoms with Crippen molar-refractivity contribution in [1.82, 2.24) is 14.9 Å². The van der Waals surface area contributed by atoms with Crippen LogP contribution in [-0.4, -0.2) is 54.3 Å². The van der Waals surface area contributed by atoms with Crippen LogP contribution in [0.25, 0.3) is 0 Å². The molecule has 0 spiro atoms. The predicted molar refractivity (Wildman–Crippen MR) is 91.2 cm³/mol. The fourth-order valence-electron chi connectivity index (χ4n) is 2.64. The van der Waals surface area contributed by atoms with E-state index in [9.17, 15) is 4.79 Å². The van der Waals surface area contributed by atoms with Crippen molar-refractivity contribution in [2.45, 2.75) is 12.5 Å². The fraction of sp³-hybridized carbons (Fsp3) is 0.353. The molecule has 1 atom stereocenters. The maximum atomic E-state index is 12.4. The highest BCUT2D eigenvalue weighted by Gasteiger charge is 2.28. The average Bonchev–Trinajstić information content (AvgIpc) is 3.11. The van der Waals surface area contributed by atoms with Crippen LogP contribution in [0.5, 0.6) is 17.4 Å². The third kappa shape index (κ3) is 4.09. The maximum absolute atomic E-state index is 12.4. The van der Waals surface area contributed by atoms with Crippen molar-refractivity contribution in [3.8, 4) is 17.4 Å². The number of nitrogens with zero attached hydrogens (tertiary/aromatic N) is 3. The average molecular weight is 344 g/mol. The van der Waals surface area contributed by atoms with E-state index in [1.807, 2.05) is 0 Å². The number of aromatic nitrogens is 2. The van der Waals surface area contributed by atoms with E-state index in [-0.39, 0.29) is 12.1 Å². The first-order valence-corrected chi connectivity index (χ1v) is 7.90. The summed E-state index contributed by atoms with van der Waals surface area (Å²) in [7, 11) is 3.12. The molecule has 3 rings (SSSR count). The molecule has 1 unspecified atom stereocenters. The number of nitrogens with one attached hydrogen (secondary N) is 1. The molecule has 0 bridgehead atoms. The Hall–Kier alpha value is -3.03. The van der Waals surface area contributed by atoms with Crippen molar-refractivity contribution < 1.29 is 19.0 Å². The van der Waals surface area contributed by atoms with Crippen LogP contribution in [-0.2, 0) is 0 Å². The second kappa shape index (κ2) is 7.69. The molecule has 132 valence electrons. The standard InChI is InChI=1S/C17H20N4O4/c1-23-14-4-3-12(9-15(14)24-2)20-17(22)21-8-6-13(10-21)25-16-5-7-18-11-19-16/h3-5,7,9,11,13H,6,8,10H2,1-2H3,(H,20,22). The van der Waals surface area contributed by atoms with Crippen LogP contribution in [0.3, 0.4) is 0 Å². The SMILES string of the molecule is COc1ccc(NC(=O)N2CCC(Oc3ccncn3)C2)cc1OC. The highest BCUT2D eigenvalue weighted by molar-refractivity contribution is 5.90. The predicted octanol–water partition coefficient (Wildman–Crippen LogP) is 2.18. The number of amides is 2. The second-order valence-electron chi connectivity index (χ2n) is 5.52. The minimum atomic E-state index is -0.180. The van der Waals surface area contributed by atoms with Crippen LogP contribution in [0.4, 0.5) is 10.5 Å². The molecule has 2 amide bonds. The third-order valence-electron chi connectivity index (χ3n) is 3.91. The van der Waals surface area contributed by atoms with Gasteiger partial charge in [0.1, 0.15) is 12.4 Å². The van der Waals surface area contributed by atoms with Gasteiger partial charge in [0.05, 0.1) is 20.8 Å². The van der Waals surface area contributed by atoms with Gasteiger partial charge in [-0.05, 0) is 12.1 Å². The second-order valence-corrected chi connectivity index (χ2v) is 5.52. The Morgan fingerprint density at radius 1 is 1.24 bits per heavy atom. The quantitative estimate of drug-likeness (QED) is 0.895. The van der Waals surface area contributed by atoms with Crippen LogP contribution in [0.1, 0.15) is 6.42 Å². The zero-order chi connectivity index (χ0) is 17.6. The number of rotatable bonds is 5. The van der Waals surface area contributed by atoms with E-state index in [1.165, 1.54) is 6.33 Å². The lowest BCUT2D eigenvalue weighted by Crippen LogP contribution is -2.34. The smallest absolute Gasteiger partial charge is 0.321 e. The molecule has 0 saturated carbocycles. The summed E-state index contributed by atoms with van der Waals surface area (Å²) >= 11 is 0. The Labute approximate surface area is 145 Å². The summed E-state index contributed by atoms with van der Waals surface area (Å²) in [5, 5.41) is 2.86. The van der Waals surface area contributed by atoms with Crippen molar-refractivity contribution in [1.29, 1.82) is 0 Å². The van der Waals surface area contributed by atoms with Crippen LogP contribution in [0.15, 0.2) is 36.8 Å². The number of hydrogen-bond acceptors (Lipinski definition) is 6. The maximum Gasteiger partial charge on any atom is 0.321 e. The van der Waals surface area contributed by atoms with E-state index < -0.39 is 0 Å². The van der Waals surface area contributed by atoms with E-state index in [1.54, 1.807) is 49.6 Å². The highest BCUT2D eigenvalue weighted by atomic mass is 16.5. The molecule has 1 fully saturated rings. The molecule has 1 aromatic heterocycles. The molecule has 1 N–H and O–H groups in total. The Morgan fingerprint density at radius 2 is 2.08 bits per heavy atom. The molecule has 1 saturated heterocycles. The number of carbonyl (C=O) groups excluding carboxylic acids is 1. The van der Waals surface area contributed by atoms with Gasteiger partial charge < -0.3 is 24.4 Å². The van der Waals surface area contributed by atoms with Gasteiger partial charge in [-0.15, -0.1) is 0 Å². The van der Waals surface area contributed by atoms with Gasteiger partial charge in [0, 0.05) is 37.0 Å². The first-order valence-electron chi connectivity index (χ1n) is 7.90. The summed E-state index contributed by atoms with van der Waals surface area (Å²) in [6.45, 7) is 1.12. The summed E-state index contributed by atoms with van der Waals surface area (Å²) in [6, 6.07) is 6.76. The summed E-state index contributed by atoms with van der Waals surface area (Å²) in [5.41, 5.74) is 0.641. The molecule has 2 heterocycles. The van der Waals surface area contributed by atoms with Crippen LogP contribution in [0.2, 0.25) is 0 Å². The van der Waals surface area contributed by atoms with Gasteiger partial charge in [-0.1, -0.05) is 0 Å². The zero-order valence-electron chi connectivity index (χ0n) is 14.1. The number of methoxy groups -OCH3 is 2. The molecule has 1 aromatic carbocycles. The highest BCUT2D eigenvalue weighted by Crippen LogP contribution is 2.30. The first kappa shape index (κ1) is 16.8. The Morgan fingerprint density at radius 3 is 2.80 bits per heavy atom. The lowest BCUT2D eigenvalue weighted by molar-refractivity contribution is 0.189. The van der Waals surface area contributed by atoms with Crippen molar-refractivity contribution >= 4 is 11.7 Å². The molecule has 2 aromatic rings. The van der Waals surface area contributed by atoms with Gasteiger partial charge in [-0.3, -0.25) is 0 Å². The summed E-state index contributed by atoms with van der Waals surface area (Å²) in [6.07, 6.45) is 3.74. The van der Waals surface area contributed by atoms with Gasteiger partial charge in [0.25, 0.3) is 0 Å². The molecule has 1 aliphatic heterocycles. The Balaban J connectivity index is 1.57. The van der Waals surface area contributed by atoms with Crippen LogP contribution in [0, 0.1) is 0 Å². The zero-order valence-corrected chi connectivity index (χ0v) is 14.1. The minimum Gasteiger partial charge on any atom is -0.493 e. The van der Waals surface area contributed by atoms with E-state index in [0.29, 0.717) is 36.2 Å². The number of urea groups is 1. The van der Waals surface area contributed by atoms with E-state index in [0.717, 1.165) is 6.42 Å². The molecule has 8 heteroatoms. The number of ether oxygens (including phenoxy) is 3. The Bertz CT molecular complexity index is 726. The van der Waals surface area contributed by atoms with E-state index >= 15 is 0 Å². The fourth-order valence-corrected chi connectivity index (χ4v) is 2.64. The molecule has 25 heavy (non-hydrogen) atoms. The van der Waals surface area contributed by atoms with Crippen LogP contribution < -0.4 is 19.5 Å². The van der Waals surface area contributed by atoms with Gasteiger partial charge in [0.15, 0.2) is 11.5 Å². The molecule has 8 nitrogen and oxygen atoms in total. The lowest BCUT2D eigenvalue weighted by Gasteiger charge is -2.18. The number of anilines is 1. The number of benzene rings is 1. The van der Waals surface area contributed by atoms with E-state index in [4.69, 9.17) is 14.2 Å². The number of hydrogen-bond donors (Lipinski definition) is 1. The van der Waals surface area contributed by atoms with Gasteiger partial charge in [-0.2, -0.15) is 0 Å². The van der Waals surface area contributed by atoms with Gasteiger partial charge in [-0.25, -0.2) is 14.8 Å². The first-order chi connectivity index (χ1) is 12.2. The van der Waals surface area contributed by atoms with Crippen molar-refractivity contribution in [3.05, 3.63) is 36.8 Å². The monoisotopic (exact) mass is 344 g/mol. The largest absolute Gasteiger partial charge is 0.493 e. The minimum absolute atomic E-state index is 0.0777. The molecular weight excluding hydrogens is 324 g/mol. The molecular formula is C17H20N4O4. The summed E-state index contributed by atoms with van der Waals surface area (Å²) in [5.74, 6) is 1.69. The molecule has 0 radical (unpaired) electrons. The normalized spacial score (nSPS) is 16.4. The third-order valence-corrected chi connectivity index (χ3v) is 3.91. The lowest BCUT2D eigenvalue weighted by atomic mass is 10.3. The van der Waals surface area contributed by atoms with Crippen molar-refractivity contribution in [2.24, 2.45) is 0 Å². The van der Waals surface area contributed by atoms with E-state index in [2.05, 4.69) is 15.3 Å². The topological polar surface area (TPSA) is 85.8 Å². The van der Waals surface area contributed by atoms with Crippen LogP contribution >= 0.6 is 0 Å². The molecule has 1 aliphatic rings. The number of carbonyl (C=O) groups is 1. The van der Waals surface area contributed by atoms with Gasteiger partial charge in [0.2, 0.25) is 5.88 Å². The number of likely N-dealkylation sites (tertiary alicyclic amines) is 1. The summed E-state index contributed by atoms with van der Waals surface area (Å²) in [4.78, 5) is 22.0.